The largest absolute Gasteiger partial charge is 0.256 e. The van der Waals surface area contributed by atoms with Crippen molar-refractivity contribution in [2.24, 2.45) is 0 Å². The summed E-state index contributed by atoms with van der Waals surface area (Å²) in [5, 5.41) is 7.94. The Kier molecular flexibility index (Phi) is 5.09. The molecule has 0 radical (unpaired) electrons. The normalized spacial score (nSPS) is 12.1. The molecule has 0 saturated heterocycles. The minimum Gasteiger partial charge on any atom is -0.256 e. The molecule has 182 valence electrons. The van der Waals surface area contributed by atoms with E-state index in [4.69, 9.17) is 0 Å². The number of hydrogen-bond acceptors (Lipinski definition) is 1. The summed E-state index contributed by atoms with van der Waals surface area (Å²) >= 11 is 0. The predicted molar refractivity (Wildman–Crippen MR) is 163 cm³/mol. The molecule has 1 aromatic heterocycles. The van der Waals surface area contributed by atoms with Crippen LogP contribution < -0.4 is 0 Å². The second kappa shape index (κ2) is 8.53. The first-order chi connectivity index (χ1) is 18.5. The zero-order chi connectivity index (χ0) is 25.9. The molecular formula is C37H29N. The average Bonchev–Trinajstić information content (AvgIpc) is 2.96. The number of rotatable bonds is 3. The second-order valence-electron chi connectivity index (χ2n) is 11.3. The van der Waals surface area contributed by atoms with Gasteiger partial charge >= 0.3 is 0 Å². The Morgan fingerprint density at radius 2 is 1.08 bits per heavy atom. The lowest BCUT2D eigenvalue weighted by Gasteiger charge is -2.23. The molecule has 0 aliphatic rings. The molecule has 0 N–H and O–H groups in total. The summed E-state index contributed by atoms with van der Waals surface area (Å²) < 4.78 is 0. The van der Waals surface area contributed by atoms with Crippen molar-refractivity contribution < 1.29 is 0 Å². The van der Waals surface area contributed by atoms with Gasteiger partial charge in [-0.2, -0.15) is 0 Å². The van der Waals surface area contributed by atoms with Gasteiger partial charge in [0, 0.05) is 11.8 Å². The molecule has 7 aromatic rings. The molecule has 0 aliphatic heterocycles. The molecule has 38 heavy (non-hydrogen) atoms. The van der Waals surface area contributed by atoms with Crippen LogP contribution >= 0.6 is 0 Å². The summed E-state index contributed by atoms with van der Waals surface area (Å²) in [6, 6.07) is 42.1. The maximum Gasteiger partial charge on any atom is 0.0701 e. The molecule has 0 fully saturated rings. The van der Waals surface area contributed by atoms with E-state index in [1.165, 1.54) is 60.1 Å². The smallest absolute Gasteiger partial charge is 0.0701 e. The lowest BCUT2D eigenvalue weighted by molar-refractivity contribution is 0.591. The van der Waals surface area contributed by atoms with Crippen LogP contribution in [0.2, 0.25) is 0 Å². The first kappa shape index (κ1) is 22.7. The maximum absolute atomic E-state index is 4.53. The molecule has 1 heteroatoms. The van der Waals surface area contributed by atoms with E-state index in [1.54, 1.807) is 0 Å². The van der Waals surface area contributed by atoms with Crippen molar-refractivity contribution >= 4 is 32.3 Å². The minimum atomic E-state index is 0.0974. The summed E-state index contributed by atoms with van der Waals surface area (Å²) in [4.78, 5) is 4.53. The fourth-order valence-corrected chi connectivity index (χ4v) is 5.80. The molecule has 0 unspecified atom stereocenters. The van der Waals surface area contributed by atoms with E-state index in [0.29, 0.717) is 0 Å². The summed E-state index contributed by atoms with van der Waals surface area (Å²) in [6.45, 7) is 6.88. The molecular weight excluding hydrogens is 458 g/mol. The van der Waals surface area contributed by atoms with Gasteiger partial charge in [-0.05, 0) is 83.7 Å². The number of aromatic nitrogens is 1. The summed E-state index contributed by atoms with van der Waals surface area (Å²) in [7, 11) is 0. The van der Waals surface area contributed by atoms with Crippen LogP contribution in [0.4, 0.5) is 0 Å². The van der Waals surface area contributed by atoms with Crippen molar-refractivity contribution in [3.05, 3.63) is 127 Å². The van der Waals surface area contributed by atoms with Crippen LogP contribution in [-0.4, -0.2) is 4.98 Å². The lowest BCUT2D eigenvalue weighted by Crippen LogP contribution is -2.10. The van der Waals surface area contributed by atoms with Crippen molar-refractivity contribution in [1.82, 2.24) is 4.98 Å². The van der Waals surface area contributed by atoms with Crippen LogP contribution in [-0.2, 0) is 5.41 Å². The highest BCUT2D eigenvalue weighted by atomic mass is 14.7. The molecule has 0 atom stereocenters. The van der Waals surface area contributed by atoms with E-state index >= 15 is 0 Å². The van der Waals surface area contributed by atoms with E-state index in [9.17, 15) is 0 Å². The Morgan fingerprint density at radius 1 is 0.500 bits per heavy atom. The SMILES string of the molecule is CC(C)(C)c1cc2ccc3c(-c4ccccc4)cc(-c4ccc(-c5ccccn5)cc4)c4ccc(c1)c2c34. The molecule has 1 heterocycles. The molecule has 1 nitrogen and oxygen atoms in total. The number of pyridine rings is 1. The highest BCUT2D eigenvalue weighted by molar-refractivity contribution is 6.28. The molecule has 0 aliphatic carbocycles. The molecule has 0 bridgehead atoms. The van der Waals surface area contributed by atoms with Crippen molar-refractivity contribution in [3.8, 4) is 33.5 Å². The number of benzene rings is 6. The number of hydrogen-bond donors (Lipinski definition) is 0. The van der Waals surface area contributed by atoms with Gasteiger partial charge in [0.05, 0.1) is 5.69 Å². The van der Waals surface area contributed by atoms with Crippen molar-refractivity contribution in [2.75, 3.05) is 0 Å². The predicted octanol–water partition coefficient (Wildman–Crippen LogP) is 10.3. The van der Waals surface area contributed by atoms with Crippen LogP contribution in [0.15, 0.2) is 121 Å². The second-order valence-corrected chi connectivity index (χ2v) is 11.3. The van der Waals surface area contributed by atoms with Crippen molar-refractivity contribution in [3.63, 3.8) is 0 Å². The Bertz CT molecular complexity index is 1890. The highest BCUT2D eigenvalue weighted by Crippen LogP contribution is 2.45. The van der Waals surface area contributed by atoms with Gasteiger partial charge in [-0.1, -0.05) is 118 Å². The van der Waals surface area contributed by atoms with Crippen LogP contribution in [0, 0.1) is 0 Å². The third-order valence-electron chi connectivity index (χ3n) is 7.82. The zero-order valence-electron chi connectivity index (χ0n) is 22.0. The van der Waals surface area contributed by atoms with Crippen LogP contribution in [0.1, 0.15) is 26.3 Å². The minimum absolute atomic E-state index is 0.0974. The van der Waals surface area contributed by atoms with E-state index < -0.39 is 0 Å². The van der Waals surface area contributed by atoms with Gasteiger partial charge in [-0.25, -0.2) is 0 Å². The van der Waals surface area contributed by atoms with Crippen LogP contribution in [0.5, 0.6) is 0 Å². The van der Waals surface area contributed by atoms with E-state index in [1.807, 2.05) is 18.3 Å². The van der Waals surface area contributed by atoms with E-state index in [0.717, 1.165) is 11.3 Å². The average molecular weight is 488 g/mol. The van der Waals surface area contributed by atoms with E-state index in [2.05, 4.69) is 129 Å². The lowest BCUT2D eigenvalue weighted by atomic mass is 9.81. The maximum atomic E-state index is 4.53. The molecule has 0 saturated carbocycles. The highest BCUT2D eigenvalue weighted by Gasteiger charge is 2.20. The van der Waals surface area contributed by atoms with Gasteiger partial charge in [0.15, 0.2) is 0 Å². The Labute approximate surface area is 223 Å². The first-order valence-electron chi connectivity index (χ1n) is 13.3. The molecule has 7 rings (SSSR count). The molecule has 0 spiro atoms. The van der Waals surface area contributed by atoms with Crippen molar-refractivity contribution in [1.29, 1.82) is 0 Å². The van der Waals surface area contributed by atoms with Gasteiger partial charge in [-0.15, -0.1) is 0 Å². The third kappa shape index (κ3) is 3.66. The monoisotopic (exact) mass is 487 g/mol. The Hall–Kier alpha value is -4.49. The zero-order valence-corrected chi connectivity index (χ0v) is 22.0. The number of nitrogens with zero attached hydrogens (tertiary/aromatic N) is 1. The Balaban J connectivity index is 1.53. The summed E-state index contributed by atoms with van der Waals surface area (Å²) in [5.74, 6) is 0. The Morgan fingerprint density at radius 3 is 1.66 bits per heavy atom. The van der Waals surface area contributed by atoms with E-state index in [-0.39, 0.29) is 5.41 Å². The standard InChI is InChI=1S/C37H29N/c1-37(2,3)29-21-27-16-18-30-32(24-9-5-4-6-10-24)23-33(31-19-17-28(22-29)35(27)36(30)31)25-12-14-26(15-13-25)34-11-7-8-20-38-34/h4-23H,1-3H3. The molecule has 6 aromatic carbocycles. The third-order valence-corrected chi connectivity index (χ3v) is 7.82. The topological polar surface area (TPSA) is 12.9 Å². The fraction of sp³-hybridized carbons (Fsp3) is 0.108. The van der Waals surface area contributed by atoms with Gasteiger partial charge < -0.3 is 0 Å². The van der Waals surface area contributed by atoms with Crippen LogP contribution in [0.3, 0.4) is 0 Å². The van der Waals surface area contributed by atoms with Gasteiger partial charge in [-0.3, -0.25) is 4.98 Å². The quantitative estimate of drug-likeness (QED) is 0.226. The van der Waals surface area contributed by atoms with Gasteiger partial charge in [0.2, 0.25) is 0 Å². The summed E-state index contributed by atoms with van der Waals surface area (Å²) in [5.41, 5.74) is 8.59. The molecule has 0 amide bonds. The first-order valence-corrected chi connectivity index (χ1v) is 13.3. The van der Waals surface area contributed by atoms with Gasteiger partial charge in [0.1, 0.15) is 0 Å². The van der Waals surface area contributed by atoms with Gasteiger partial charge in [0.25, 0.3) is 0 Å². The van der Waals surface area contributed by atoms with Crippen molar-refractivity contribution in [2.45, 2.75) is 26.2 Å². The summed E-state index contributed by atoms with van der Waals surface area (Å²) in [6.07, 6.45) is 1.85. The fourth-order valence-electron chi connectivity index (χ4n) is 5.80. The van der Waals surface area contributed by atoms with Crippen LogP contribution in [0.25, 0.3) is 65.8 Å².